The van der Waals surface area contributed by atoms with Crippen molar-refractivity contribution >= 4 is 23.8 Å². The van der Waals surface area contributed by atoms with E-state index in [1.165, 1.54) is 0 Å². The van der Waals surface area contributed by atoms with Crippen LogP contribution in [-0.2, 0) is 4.79 Å². The molecular weight excluding hydrogens is 288 g/mol. The van der Waals surface area contributed by atoms with E-state index in [0.29, 0.717) is 24.8 Å². The van der Waals surface area contributed by atoms with Gasteiger partial charge in [0.1, 0.15) is 6.04 Å². The van der Waals surface area contributed by atoms with Crippen molar-refractivity contribution in [2.45, 2.75) is 58.4 Å². The summed E-state index contributed by atoms with van der Waals surface area (Å²) < 4.78 is 0. The van der Waals surface area contributed by atoms with E-state index in [1.54, 1.807) is 16.7 Å². The summed E-state index contributed by atoms with van der Waals surface area (Å²) in [6.07, 6.45) is 2.85. The number of urea groups is 1. The summed E-state index contributed by atoms with van der Waals surface area (Å²) in [5.41, 5.74) is 0. The van der Waals surface area contributed by atoms with Gasteiger partial charge in [-0.2, -0.15) is 0 Å². The molecule has 2 unspecified atom stereocenters. The van der Waals surface area contributed by atoms with Gasteiger partial charge in [0.15, 0.2) is 0 Å². The molecule has 0 aromatic carbocycles. The normalized spacial score (nSPS) is 21.9. The molecule has 1 aliphatic rings. The molecule has 1 saturated heterocycles. The van der Waals surface area contributed by atoms with Crippen LogP contribution in [0.4, 0.5) is 4.79 Å². The summed E-state index contributed by atoms with van der Waals surface area (Å²) in [5.74, 6) is 0.0696. The van der Waals surface area contributed by atoms with Crippen LogP contribution < -0.4 is 0 Å². The third kappa shape index (κ3) is 4.28. The molecule has 1 aliphatic heterocycles. The first-order valence-electron chi connectivity index (χ1n) is 7.91. The summed E-state index contributed by atoms with van der Waals surface area (Å²) >= 11 is 1.57. The predicted octanol–water partition coefficient (Wildman–Crippen LogP) is 3.10. The number of thioether (sulfide) groups is 1. The lowest BCUT2D eigenvalue weighted by Crippen LogP contribution is -2.52. The van der Waals surface area contributed by atoms with E-state index in [4.69, 9.17) is 0 Å². The van der Waals surface area contributed by atoms with Gasteiger partial charge in [0.25, 0.3) is 0 Å². The third-order valence-electron chi connectivity index (χ3n) is 4.23. The number of aliphatic carboxylic acids is 1. The van der Waals surface area contributed by atoms with E-state index < -0.39 is 12.0 Å². The Bertz CT molecular complexity index is 361. The minimum Gasteiger partial charge on any atom is -0.480 e. The molecule has 0 aliphatic carbocycles. The minimum absolute atomic E-state index is 0.0191. The van der Waals surface area contributed by atoms with E-state index in [9.17, 15) is 14.7 Å². The van der Waals surface area contributed by atoms with Gasteiger partial charge in [-0.3, -0.25) is 4.90 Å². The lowest BCUT2D eigenvalue weighted by Gasteiger charge is -2.34. The van der Waals surface area contributed by atoms with Gasteiger partial charge < -0.3 is 10.0 Å². The fourth-order valence-electron chi connectivity index (χ4n) is 2.69. The number of hydrogen-bond donors (Lipinski definition) is 1. The van der Waals surface area contributed by atoms with Crippen molar-refractivity contribution in [2.24, 2.45) is 5.92 Å². The Morgan fingerprint density at radius 1 is 1.29 bits per heavy atom. The monoisotopic (exact) mass is 316 g/mol. The number of carbonyl (C=O) groups is 2. The number of amides is 2. The molecule has 1 N–H and O–H groups in total. The maximum absolute atomic E-state index is 12.8. The van der Waals surface area contributed by atoms with Gasteiger partial charge >= 0.3 is 12.0 Å². The molecule has 0 bridgehead atoms. The number of nitrogens with zero attached hydrogens (tertiary/aromatic N) is 2. The second kappa shape index (κ2) is 8.51. The fourth-order valence-corrected chi connectivity index (χ4v) is 4.03. The Hall–Kier alpha value is -0.910. The van der Waals surface area contributed by atoms with Crippen LogP contribution >= 0.6 is 11.8 Å². The van der Waals surface area contributed by atoms with Crippen molar-refractivity contribution in [2.75, 3.05) is 18.8 Å². The summed E-state index contributed by atoms with van der Waals surface area (Å²) in [5, 5.41) is 9.33. The molecule has 0 spiro atoms. The molecule has 1 heterocycles. The van der Waals surface area contributed by atoms with Crippen LogP contribution in [-0.4, -0.2) is 57.2 Å². The Morgan fingerprint density at radius 3 is 2.33 bits per heavy atom. The highest BCUT2D eigenvalue weighted by Crippen LogP contribution is 2.32. The van der Waals surface area contributed by atoms with Crippen molar-refractivity contribution in [1.29, 1.82) is 0 Å². The smallest absolute Gasteiger partial charge is 0.327 e. The summed E-state index contributed by atoms with van der Waals surface area (Å²) in [7, 11) is 0. The molecule has 2 atom stereocenters. The summed E-state index contributed by atoms with van der Waals surface area (Å²) in [4.78, 5) is 27.6. The molecule has 21 heavy (non-hydrogen) atoms. The minimum atomic E-state index is -0.898. The number of carbonyl (C=O) groups excluding carboxylic acids is 1. The molecule has 5 nitrogen and oxygen atoms in total. The molecule has 0 radical (unpaired) electrons. The van der Waals surface area contributed by atoms with E-state index in [-0.39, 0.29) is 11.4 Å². The predicted molar refractivity (Wildman–Crippen MR) is 86.5 cm³/mol. The molecule has 1 rings (SSSR count). The van der Waals surface area contributed by atoms with Crippen LogP contribution in [0.1, 0.15) is 47.0 Å². The van der Waals surface area contributed by atoms with Gasteiger partial charge in [0, 0.05) is 18.8 Å². The fraction of sp³-hybridized carbons (Fsp3) is 0.867. The third-order valence-corrected chi connectivity index (χ3v) is 5.69. The van der Waals surface area contributed by atoms with E-state index in [0.717, 1.165) is 19.3 Å². The van der Waals surface area contributed by atoms with Crippen molar-refractivity contribution in [3.05, 3.63) is 0 Å². The molecule has 0 aromatic heterocycles. The SMILES string of the molecule is CCC(CC)CN(CC)C(=O)N1C(CC)SCC1C(=O)O. The van der Waals surface area contributed by atoms with Crippen LogP contribution in [0.25, 0.3) is 0 Å². The molecule has 6 heteroatoms. The maximum Gasteiger partial charge on any atom is 0.327 e. The number of carboxylic acid groups (broad SMARTS) is 1. The Morgan fingerprint density at radius 2 is 1.90 bits per heavy atom. The average Bonchev–Trinajstić information content (AvgIpc) is 2.92. The van der Waals surface area contributed by atoms with Crippen LogP contribution in [0.3, 0.4) is 0 Å². The van der Waals surface area contributed by atoms with Gasteiger partial charge in [-0.15, -0.1) is 11.8 Å². The average molecular weight is 316 g/mol. The lowest BCUT2D eigenvalue weighted by molar-refractivity contribution is -0.141. The first-order valence-corrected chi connectivity index (χ1v) is 8.96. The zero-order chi connectivity index (χ0) is 16.0. The molecule has 2 amide bonds. The lowest BCUT2D eigenvalue weighted by atomic mass is 10.0. The Balaban J connectivity index is 2.87. The van der Waals surface area contributed by atoms with Crippen LogP contribution in [0, 0.1) is 5.92 Å². The number of carboxylic acids is 1. The highest BCUT2D eigenvalue weighted by Gasteiger charge is 2.42. The molecule has 122 valence electrons. The second-order valence-electron chi connectivity index (χ2n) is 5.46. The maximum atomic E-state index is 12.8. The van der Waals surface area contributed by atoms with E-state index in [2.05, 4.69) is 13.8 Å². The molecule has 0 aromatic rings. The zero-order valence-corrected chi connectivity index (χ0v) is 14.4. The molecular formula is C15H28N2O3S. The largest absolute Gasteiger partial charge is 0.480 e. The zero-order valence-electron chi connectivity index (χ0n) is 13.5. The van der Waals surface area contributed by atoms with Crippen molar-refractivity contribution in [1.82, 2.24) is 9.80 Å². The summed E-state index contributed by atoms with van der Waals surface area (Å²) in [6, 6.07) is -0.808. The highest BCUT2D eigenvalue weighted by atomic mass is 32.2. The van der Waals surface area contributed by atoms with Gasteiger partial charge in [-0.1, -0.05) is 33.6 Å². The highest BCUT2D eigenvalue weighted by molar-refractivity contribution is 8.00. The van der Waals surface area contributed by atoms with Crippen molar-refractivity contribution < 1.29 is 14.7 Å². The molecule has 0 saturated carbocycles. The number of rotatable bonds is 7. The van der Waals surface area contributed by atoms with E-state index in [1.807, 2.05) is 18.7 Å². The first kappa shape index (κ1) is 18.1. The van der Waals surface area contributed by atoms with Crippen LogP contribution in [0.2, 0.25) is 0 Å². The molecule has 1 fully saturated rings. The second-order valence-corrected chi connectivity index (χ2v) is 6.67. The standard InChI is InChI=1S/C15H28N2O3S/c1-5-11(6-2)9-16(8-4)15(20)17-12(14(18)19)10-21-13(17)7-3/h11-13H,5-10H2,1-4H3,(H,18,19). The van der Waals surface area contributed by atoms with Crippen molar-refractivity contribution in [3.8, 4) is 0 Å². The summed E-state index contributed by atoms with van der Waals surface area (Å²) in [6.45, 7) is 9.56. The Labute approximate surface area is 132 Å². The van der Waals surface area contributed by atoms with Gasteiger partial charge in [-0.05, 0) is 19.3 Å². The van der Waals surface area contributed by atoms with Gasteiger partial charge in [0.2, 0.25) is 0 Å². The van der Waals surface area contributed by atoms with E-state index >= 15 is 0 Å². The van der Waals surface area contributed by atoms with Gasteiger partial charge in [-0.25, -0.2) is 9.59 Å². The Kier molecular flexibility index (Phi) is 7.35. The quantitative estimate of drug-likeness (QED) is 0.784. The van der Waals surface area contributed by atoms with Gasteiger partial charge in [0.05, 0.1) is 5.37 Å². The topological polar surface area (TPSA) is 60.9 Å². The first-order chi connectivity index (χ1) is 9.99. The number of hydrogen-bond acceptors (Lipinski definition) is 3. The van der Waals surface area contributed by atoms with Crippen LogP contribution in [0.5, 0.6) is 0 Å². The van der Waals surface area contributed by atoms with Crippen LogP contribution in [0.15, 0.2) is 0 Å². The van der Waals surface area contributed by atoms with Crippen molar-refractivity contribution in [3.63, 3.8) is 0 Å².